The molecule has 1 aromatic carbocycles. The number of hydrogen-bond acceptors (Lipinski definition) is 3. The van der Waals surface area contributed by atoms with E-state index in [4.69, 9.17) is 4.74 Å². The highest BCUT2D eigenvalue weighted by Crippen LogP contribution is 2.21. The van der Waals surface area contributed by atoms with Gasteiger partial charge in [0.25, 0.3) is 0 Å². The molecule has 0 saturated carbocycles. The average Bonchev–Trinajstić information content (AvgIpc) is 3.15. The summed E-state index contributed by atoms with van der Waals surface area (Å²) in [7, 11) is 3.47. The number of rotatable bonds is 7. The maximum atomic E-state index is 11.8. The summed E-state index contributed by atoms with van der Waals surface area (Å²) in [5.74, 6) is 2.37. The number of carbonyl (C=O) groups excluding carboxylic acids is 1. The van der Waals surface area contributed by atoms with Crippen LogP contribution in [0.15, 0.2) is 29.3 Å². The van der Waals surface area contributed by atoms with Gasteiger partial charge >= 0.3 is 0 Å². The predicted molar refractivity (Wildman–Crippen MR) is 106 cm³/mol. The van der Waals surface area contributed by atoms with Crippen LogP contribution < -0.4 is 15.4 Å². The third-order valence-corrected chi connectivity index (χ3v) is 4.96. The van der Waals surface area contributed by atoms with Gasteiger partial charge < -0.3 is 20.3 Å². The van der Waals surface area contributed by atoms with E-state index in [1.54, 1.807) is 14.2 Å². The first-order valence-electron chi connectivity index (χ1n) is 9.46. The van der Waals surface area contributed by atoms with Crippen molar-refractivity contribution in [2.45, 2.75) is 45.1 Å². The van der Waals surface area contributed by atoms with Crippen molar-refractivity contribution in [3.63, 3.8) is 0 Å². The quantitative estimate of drug-likeness (QED) is 0.579. The van der Waals surface area contributed by atoms with Gasteiger partial charge in [-0.15, -0.1) is 0 Å². The van der Waals surface area contributed by atoms with Crippen LogP contribution in [0, 0.1) is 0 Å². The first-order chi connectivity index (χ1) is 12.6. The highest BCUT2D eigenvalue weighted by molar-refractivity contribution is 5.80. The van der Waals surface area contributed by atoms with Gasteiger partial charge in [-0.2, -0.15) is 0 Å². The average molecular weight is 361 g/mol. The zero-order valence-corrected chi connectivity index (χ0v) is 16.4. The van der Waals surface area contributed by atoms with E-state index in [1.807, 2.05) is 24.0 Å². The molecule has 144 valence electrons. The monoisotopic (exact) mass is 360 g/mol. The van der Waals surface area contributed by atoms with Crippen molar-refractivity contribution in [2.24, 2.45) is 4.99 Å². The van der Waals surface area contributed by atoms with Crippen LogP contribution in [0.2, 0.25) is 0 Å². The molecule has 1 fully saturated rings. The first kappa shape index (κ1) is 20.1. The lowest BCUT2D eigenvalue weighted by Crippen LogP contribution is -2.45. The Kier molecular flexibility index (Phi) is 7.75. The molecule has 1 aromatic rings. The first-order valence-corrected chi connectivity index (χ1v) is 9.46. The van der Waals surface area contributed by atoms with Gasteiger partial charge in [0.05, 0.1) is 7.11 Å². The number of amides is 1. The number of carbonyl (C=O) groups is 1. The largest absolute Gasteiger partial charge is 0.497 e. The van der Waals surface area contributed by atoms with E-state index < -0.39 is 0 Å². The number of ether oxygens (including phenoxy) is 1. The van der Waals surface area contributed by atoms with E-state index in [0.29, 0.717) is 12.3 Å². The van der Waals surface area contributed by atoms with Crippen LogP contribution in [-0.4, -0.2) is 56.6 Å². The second-order valence-corrected chi connectivity index (χ2v) is 6.79. The predicted octanol–water partition coefficient (Wildman–Crippen LogP) is 2.36. The zero-order chi connectivity index (χ0) is 18.9. The minimum Gasteiger partial charge on any atom is -0.497 e. The normalized spacial score (nSPS) is 18.5. The number of benzene rings is 1. The molecule has 2 atom stereocenters. The Bertz CT molecular complexity index is 600. The van der Waals surface area contributed by atoms with E-state index >= 15 is 0 Å². The highest BCUT2D eigenvalue weighted by atomic mass is 16.5. The molecule has 1 aliphatic heterocycles. The molecule has 1 heterocycles. The molecule has 0 aliphatic carbocycles. The fourth-order valence-corrected chi connectivity index (χ4v) is 3.22. The molecule has 6 heteroatoms. The van der Waals surface area contributed by atoms with E-state index in [1.165, 1.54) is 5.56 Å². The molecular weight excluding hydrogens is 328 g/mol. The van der Waals surface area contributed by atoms with Crippen molar-refractivity contribution in [1.29, 1.82) is 0 Å². The maximum Gasteiger partial charge on any atom is 0.222 e. The SMILES string of the molecule is CCC(=O)N1CCC(NC(=NC)NCCC(C)c2ccc(OC)cc2)C1. The van der Waals surface area contributed by atoms with E-state index in [2.05, 4.69) is 34.7 Å². The Balaban J connectivity index is 1.74. The summed E-state index contributed by atoms with van der Waals surface area (Å²) in [4.78, 5) is 18.0. The lowest BCUT2D eigenvalue weighted by molar-refractivity contribution is -0.129. The Morgan fingerprint density at radius 3 is 2.73 bits per heavy atom. The van der Waals surface area contributed by atoms with Crippen LogP contribution in [0.25, 0.3) is 0 Å². The van der Waals surface area contributed by atoms with Gasteiger partial charge in [-0.3, -0.25) is 9.79 Å². The number of likely N-dealkylation sites (tertiary alicyclic amines) is 1. The molecule has 0 radical (unpaired) electrons. The minimum absolute atomic E-state index is 0.227. The summed E-state index contributed by atoms with van der Waals surface area (Å²) >= 11 is 0. The second-order valence-electron chi connectivity index (χ2n) is 6.79. The number of nitrogens with zero attached hydrogens (tertiary/aromatic N) is 2. The van der Waals surface area contributed by atoms with E-state index in [9.17, 15) is 4.79 Å². The highest BCUT2D eigenvalue weighted by Gasteiger charge is 2.25. The summed E-state index contributed by atoms with van der Waals surface area (Å²) in [5.41, 5.74) is 1.31. The number of aliphatic imine (C=N–C) groups is 1. The van der Waals surface area contributed by atoms with Crippen molar-refractivity contribution in [1.82, 2.24) is 15.5 Å². The van der Waals surface area contributed by atoms with Gasteiger partial charge in [-0.05, 0) is 36.5 Å². The van der Waals surface area contributed by atoms with E-state index in [0.717, 1.165) is 44.2 Å². The smallest absolute Gasteiger partial charge is 0.222 e. The van der Waals surface area contributed by atoms with Crippen molar-refractivity contribution < 1.29 is 9.53 Å². The number of nitrogens with one attached hydrogen (secondary N) is 2. The standard InChI is InChI=1S/C20H32N4O2/c1-5-19(25)24-13-11-17(14-24)23-20(21-3)22-12-10-15(2)16-6-8-18(26-4)9-7-16/h6-9,15,17H,5,10-14H2,1-4H3,(H2,21,22,23). The molecule has 1 saturated heterocycles. The lowest BCUT2D eigenvalue weighted by atomic mass is 9.98. The molecule has 0 aromatic heterocycles. The van der Waals surface area contributed by atoms with Crippen LogP contribution in [0.5, 0.6) is 5.75 Å². The van der Waals surface area contributed by atoms with Crippen LogP contribution in [0.4, 0.5) is 0 Å². The zero-order valence-electron chi connectivity index (χ0n) is 16.4. The van der Waals surface area contributed by atoms with Crippen LogP contribution >= 0.6 is 0 Å². The van der Waals surface area contributed by atoms with Crippen LogP contribution in [0.1, 0.15) is 44.6 Å². The Hall–Kier alpha value is -2.24. The third-order valence-electron chi connectivity index (χ3n) is 4.96. The van der Waals surface area contributed by atoms with Crippen molar-refractivity contribution >= 4 is 11.9 Å². The number of methoxy groups -OCH3 is 1. The number of guanidine groups is 1. The molecule has 26 heavy (non-hydrogen) atoms. The maximum absolute atomic E-state index is 11.8. The van der Waals surface area contributed by atoms with E-state index in [-0.39, 0.29) is 11.9 Å². The van der Waals surface area contributed by atoms with Gasteiger partial charge in [-0.25, -0.2) is 0 Å². The Labute approximate surface area is 157 Å². The molecule has 0 spiro atoms. The van der Waals surface area contributed by atoms with Gasteiger partial charge in [0.2, 0.25) is 5.91 Å². The van der Waals surface area contributed by atoms with Gasteiger partial charge in [-0.1, -0.05) is 26.0 Å². The summed E-state index contributed by atoms with van der Waals surface area (Å²) in [6.45, 7) is 6.57. The Morgan fingerprint density at radius 2 is 2.12 bits per heavy atom. The molecular formula is C20H32N4O2. The minimum atomic E-state index is 0.227. The summed E-state index contributed by atoms with van der Waals surface area (Å²) < 4.78 is 5.21. The summed E-state index contributed by atoms with van der Waals surface area (Å²) in [5, 5.41) is 6.82. The summed E-state index contributed by atoms with van der Waals surface area (Å²) in [6.07, 6.45) is 2.55. The molecule has 2 unspecified atom stereocenters. The lowest BCUT2D eigenvalue weighted by Gasteiger charge is -2.19. The van der Waals surface area contributed by atoms with Crippen LogP contribution in [0.3, 0.4) is 0 Å². The molecule has 0 bridgehead atoms. The Morgan fingerprint density at radius 1 is 1.38 bits per heavy atom. The molecule has 6 nitrogen and oxygen atoms in total. The van der Waals surface area contributed by atoms with Gasteiger partial charge in [0, 0.05) is 39.1 Å². The van der Waals surface area contributed by atoms with Crippen LogP contribution in [-0.2, 0) is 4.79 Å². The molecule has 1 amide bonds. The second kappa shape index (κ2) is 10.0. The fraction of sp³-hybridized carbons (Fsp3) is 0.600. The molecule has 1 aliphatic rings. The molecule has 2 N–H and O–H groups in total. The van der Waals surface area contributed by atoms with Crippen molar-refractivity contribution in [2.75, 3.05) is 33.8 Å². The topological polar surface area (TPSA) is 66.0 Å². The fourth-order valence-electron chi connectivity index (χ4n) is 3.22. The van der Waals surface area contributed by atoms with Gasteiger partial charge in [0.1, 0.15) is 5.75 Å². The molecule has 2 rings (SSSR count). The van der Waals surface area contributed by atoms with Crippen molar-refractivity contribution in [3.8, 4) is 5.75 Å². The van der Waals surface area contributed by atoms with Gasteiger partial charge in [0.15, 0.2) is 5.96 Å². The number of hydrogen-bond donors (Lipinski definition) is 2. The third kappa shape index (κ3) is 5.64. The van der Waals surface area contributed by atoms with Crippen molar-refractivity contribution in [3.05, 3.63) is 29.8 Å². The summed E-state index contributed by atoms with van der Waals surface area (Å²) in [6, 6.07) is 8.52.